The Morgan fingerprint density at radius 3 is 2.61 bits per heavy atom. The Labute approximate surface area is 107 Å². The molecule has 1 heterocycles. The minimum absolute atomic E-state index is 0.538. The minimum atomic E-state index is -0.687. The number of likely N-dealkylation sites (N-methyl/N-ethyl adjacent to an activating group) is 1. The number of hydrogen-bond donors (Lipinski definition) is 0. The van der Waals surface area contributed by atoms with Gasteiger partial charge in [0.15, 0.2) is 0 Å². The normalized spacial score (nSPS) is 12.7. The van der Waals surface area contributed by atoms with Crippen molar-refractivity contribution < 1.29 is 14.3 Å². The van der Waals surface area contributed by atoms with Crippen LogP contribution in [0.5, 0.6) is 0 Å². The zero-order valence-electron chi connectivity index (χ0n) is 11.1. The molecule has 0 saturated heterocycles. The molecule has 0 aromatic carbocycles. The van der Waals surface area contributed by atoms with Gasteiger partial charge in [0.25, 0.3) is 0 Å². The van der Waals surface area contributed by atoms with Crippen LogP contribution in [0.4, 0.5) is 4.79 Å². The van der Waals surface area contributed by atoms with Crippen LogP contribution in [0.1, 0.15) is 32.4 Å². The van der Waals surface area contributed by atoms with Gasteiger partial charge in [-0.2, -0.15) is 0 Å². The Morgan fingerprint density at radius 1 is 1.50 bits per heavy atom. The third-order valence-electron chi connectivity index (χ3n) is 2.25. The first-order chi connectivity index (χ1) is 8.35. The minimum Gasteiger partial charge on any atom is -0.444 e. The topological polar surface area (TPSA) is 59.5 Å². The Kier molecular flexibility index (Phi) is 4.42. The summed E-state index contributed by atoms with van der Waals surface area (Å²) in [5.41, 5.74) is 0.0640. The maximum Gasteiger partial charge on any atom is 0.410 e. The summed E-state index contributed by atoms with van der Waals surface area (Å²) in [4.78, 5) is 28.2. The van der Waals surface area contributed by atoms with Crippen LogP contribution in [-0.4, -0.2) is 34.9 Å². The molecule has 98 valence electrons. The molecule has 1 aromatic rings. The molecule has 0 radical (unpaired) electrons. The third-order valence-corrected chi connectivity index (χ3v) is 2.25. The van der Waals surface area contributed by atoms with Gasteiger partial charge >= 0.3 is 6.09 Å². The fourth-order valence-corrected chi connectivity index (χ4v) is 1.39. The van der Waals surface area contributed by atoms with Gasteiger partial charge in [-0.15, -0.1) is 0 Å². The number of pyridine rings is 1. The van der Waals surface area contributed by atoms with E-state index in [1.807, 2.05) is 0 Å². The second-order valence-electron chi connectivity index (χ2n) is 4.96. The predicted molar refractivity (Wildman–Crippen MR) is 67.0 cm³/mol. The molecule has 0 fully saturated rings. The molecular weight excluding hydrogens is 232 g/mol. The number of aromatic nitrogens is 1. The van der Waals surface area contributed by atoms with Crippen molar-refractivity contribution in [3.05, 3.63) is 30.1 Å². The molecule has 1 rings (SSSR count). The van der Waals surface area contributed by atoms with E-state index in [4.69, 9.17) is 4.74 Å². The number of hydrogen-bond acceptors (Lipinski definition) is 4. The summed E-state index contributed by atoms with van der Waals surface area (Å²) in [6.07, 6.45) is 3.32. The Balaban J connectivity index is 2.84. The summed E-state index contributed by atoms with van der Waals surface area (Å²) >= 11 is 0. The lowest BCUT2D eigenvalue weighted by Crippen LogP contribution is -2.37. The number of ether oxygens (including phenoxy) is 1. The van der Waals surface area contributed by atoms with E-state index in [9.17, 15) is 9.59 Å². The van der Waals surface area contributed by atoms with Gasteiger partial charge in [-0.3, -0.25) is 9.88 Å². The highest BCUT2D eigenvalue weighted by Crippen LogP contribution is 2.19. The molecule has 0 aliphatic rings. The molecule has 0 bridgehead atoms. The van der Waals surface area contributed by atoms with Crippen LogP contribution in [0.2, 0.25) is 0 Å². The number of aldehydes is 1. The van der Waals surface area contributed by atoms with Gasteiger partial charge in [0.05, 0.1) is 0 Å². The van der Waals surface area contributed by atoms with E-state index in [0.717, 1.165) is 0 Å². The zero-order chi connectivity index (χ0) is 13.8. The van der Waals surface area contributed by atoms with Crippen molar-refractivity contribution in [2.75, 3.05) is 7.05 Å². The summed E-state index contributed by atoms with van der Waals surface area (Å²) in [6, 6.07) is 2.77. The molecule has 0 aliphatic carbocycles. The average molecular weight is 250 g/mol. The van der Waals surface area contributed by atoms with Crippen molar-refractivity contribution in [2.24, 2.45) is 0 Å². The van der Waals surface area contributed by atoms with Gasteiger partial charge < -0.3 is 9.53 Å². The number of carbonyl (C=O) groups excluding carboxylic acids is 2. The fraction of sp³-hybridized carbons (Fsp3) is 0.462. The number of rotatable bonds is 3. The lowest BCUT2D eigenvalue weighted by molar-refractivity contribution is -0.112. The first-order valence-electron chi connectivity index (χ1n) is 5.66. The van der Waals surface area contributed by atoms with Crippen molar-refractivity contribution in [3.8, 4) is 0 Å². The van der Waals surface area contributed by atoms with Crippen molar-refractivity contribution in [3.63, 3.8) is 0 Å². The molecule has 1 aromatic heterocycles. The SMILES string of the molecule is CN(C(=O)OC(C)(C)C)C(C=O)c1cccnc1. The van der Waals surface area contributed by atoms with Crippen molar-refractivity contribution >= 4 is 12.4 Å². The van der Waals surface area contributed by atoms with Gasteiger partial charge in [0.2, 0.25) is 0 Å². The van der Waals surface area contributed by atoms with Crippen LogP contribution in [0.25, 0.3) is 0 Å². The van der Waals surface area contributed by atoms with Crippen molar-refractivity contribution in [1.29, 1.82) is 0 Å². The molecule has 1 amide bonds. The van der Waals surface area contributed by atoms with E-state index in [2.05, 4.69) is 4.98 Å². The van der Waals surface area contributed by atoms with Crippen molar-refractivity contribution in [2.45, 2.75) is 32.4 Å². The Morgan fingerprint density at radius 2 is 2.17 bits per heavy atom. The van der Waals surface area contributed by atoms with Crippen LogP contribution < -0.4 is 0 Å². The van der Waals surface area contributed by atoms with E-state index < -0.39 is 17.7 Å². The van der Waals surface area contributed by atoms with Gasteiger partial charge in [-0.1, -0.05) is 6.07 Å². The predicted octanol–water partition coefficient (Wildman–Crippen LogP) is 2.19. The Bertz CT molecular complexity index is 412. The Hall–Kier alpha value is -1.91. The third kappa shape index (κ3) is 3.84. The molecule has 0 spiro atoms. The largest absolute Gasteiger partial charge is 0.444 e. The standard InChI is InChI=1S/C13H18N2O3/c1-13(2,3)18-12(17)15(4)11(9-16)10-6-5-7-14-8-10/h5-9,11H,1-4H3. The maximum atomic E-state index is 11.9. The number of carbonyl (C=O) groups is 2. The van der Waals surface area contributed by atoms with E-state index in [0.29, 0.717) is 11.8 Å². The smallest absolute Gasteiger partial charge is 0.410 e. The van der Waals surface area contributed by atoms with E-state index >= 15 is 0 Å². The van der Waals surface area contributed by atoms with Crippen molar-refractivity contribution in [1.82, 2.24) is 9.88 Å². The van der Waals surface area contributed by atoms with Gasteiger partial charge in [-0.05, 0) is 26.8 Å². The van der Waals surface area contributed by atoms with Crippen LogP contribution >= 0.6 is 0 Å². The molecule has 1 unspecified atom stereocenters. The number of nitrogens with zero attached hydrogens (tertiary/aromatic N) is 2. The second kappa shape index (κ2) is 5.62. The van der Waals surface area contributed by atoms with E-state index in [1.165, 1.54) is 11.9 Å². The first-order valence-corrected chi connectivity index (χ1v) is 5.66. The molecular formula is C13H18N2O3. The maximum absolute atomic E-state index is 11.9. The summed E-state index contributed by atoms with van der Waals surface area (Å²) < 4.78 is 5.21. The highest BCUT2D eigenvalue weighted by molar-refractivity contribution is 5.74. The van der Waals surface area contributed by atoms with Gasteiger partial charge in [0, 0.05) is 25.0 Å². The van der Waals surface area contributed by atoms with Crippen LogP contribution in [-0.2, 0) is 9.53 Å². The van der Waals surface area contributed by atoms with Crippen LogP contribution in [0.3, 0.4) is 0 Å². The quantitative estimate of drug-likeness (QED) is 0.771. The van der Waals surface area contributed by atoms with Gasteiger partial charge in [0.1, 0.15) is 17.9 Å². The molecule has 1 atom stereocenters. The summed E-state index contributed by atoms with van der Waals surface area (Å²) in [7, 11) is 1.53. The monoisotopic (exact) mass is 250 g/mol. The summed E-state index contributed by atoms with van der Waals surface area (Å²) in [5.74, 6) is 0. The van der Waals surface area contributed by atoms with Crippen LogP contribution in [0, 0.1) is 0 Å². The molecule has 0 saturated carbocycles. The molecule has 18 heavy (non-hydrogen) atoms. The molecule has 5 nitrogen and oxygen atoms in total. The fourth-order valence-electron chi connectivity index (χ4n) is 1.39. The van der Waals surface area contributed by atoms with E-state index in [1.54, 1.807) is 45.3 Å². The van der Waals surface area contributed by atoms with Gasteiger partial charge in [-0.25, -0.2) is 4.79 Å². The summed E-state index contributed by atoms with van der Waals surface area (Å²) in [5, 5.41) is 0. The average Bonchev–Trinajstić information content (AvgIpc) is 2.29. The molecule has 0 N–H and O–H groups in total. The van der Waals surface area contributed by atoms with Crippen LogP contribution in [0.15, 0.2) is 24.5 Å². The lowest BCUT2D eigenvalue weighted by Gasteiger charge is -2.27. The molecule has 0 aliphatic heterocycles. The lowest BCUT2D eigenvalue weighted by atomic mass is 10.1. The highest BCUT2D eigenvalue weighted by Gasteiger charge is 2.26. The second-order valence-corrected chi connectivity index (χ2v) is 4.96. The highest BCUT2D eigenvalue weighted by atomic mass is 16.6. The van der Waals surface area contributed by atoms with E-state index in [-0.39, 0.29) is 0 Å². The molecule has 5 heteroatoms. The summed E-state index contributed by atoms with van der Waals surface area (Å²) in [6.45, 7) is 5.33. The number of amides is 1. The zero-order valence-corrected chi connectivity index (χ0v) is 11.1. The first kappa shape index (κ1) is 14.2.